The molecule has 0 amide bonds. The predicted octanol–water partition coefficient (Wildman–Crippen LogP) is 3.97. The highest BCUT2D eigenvalue weighted by atomic mass is 19.1. The molecular formula is C17H18FNO. The van der Waals surface area contributed by atoms with E-state index in [1.807, 2.05) is 6.07 Å². The molecule has 0 saturated heterocycles. The third-order valence-electron chi connectivity index (χ3n) is 4.11. The van der Waals surface area contributed by atoms with E-state index in [4.69, 9.17) is 10.5 Å². The van der Waals surface area contributed by atoms with E-state index in [9.17, 15) is 4.39 Å². The zero-order valence-corrected chi connectivity index (χ0v) is 11.7. The molecule has 0 aromatic heterocycles. The van der Waals surface area contributed by atoms with Gasteiger partial charge in [0, 0.05) is 24.1 Å². The third kappa shape index (κ3) is 2.18. The number of rotatable bonds is 1. The minimum Gasteiger partial charge on any atom is -0.485 e. The van der Waals surface area contributed by atoms with E-state index in [0.717, 1.165) is 11.1 Å². The lowest BCUT2D eigenvalue weighted by molar-refractivity contribution is 0.160. The summed E-state index contributed by atoms with van der Waals surface area (Å²) in [5.74, 6) is 0.271. The van der Waals surface area contributed by atoms with E-state index in [2.05, 4.69) is 26.0 Å². The molecule has 2 atom stereocenters. The molecule has 1 heterocycles. The van der Waals surface area contributed by atoms with Crippen LogP contribution in [0.1, 0.15) is 40.8 Å². The van der Waals surface area contributed by atoms with Crippen molar-refractivity contribution in [2.45, 2.75) is 32.4 Å². The van der Waals surface area contributed by atoms with Gasteiger partial charge in [-0.2, -0.15) is 0 Å². The second-order valence-electron chi connectivity index (χ2n) is 5.42. The van der Waals surface area contributed by atoms with E-state index in [0.29, 0.717) is 12.2 Å². The van der Waals surface area contributed by atoms with Crippen LogP contribution in [0.5, 0.6) is 5.75 Å². The molecule has 0 radical (unpaired) electrons. The highest BCUT2D eigenvalue weighted by Crippen LogP contribution is 2.40. The number of fused-ring (bicyclic) bond motifs is 1. The Morgan fingerprint density at radius 2 is 1.95 bits per heavy atom. The molecule has 104 valence electrons. The van der Waals surface area contributed by atoms with Gasteiger partial charge in [-0.1, -0.05) is 24.3 Å². The minimum absolute atomic E-state index is 0.112. The number of nitrogens with two attached hydrogens (primary N) is 1. The Morgan fingerprint density at radius 3 is 2.75 bits per heavy atom. The van der Waals surface area contributed by atoms with E-state index >= 15 is 0 Å². The van der Waals surface area contributed by atoms with Crippen LogP contribution in [0.2, 0.25) is 0 Å². The van der Waals surface area contributed by atoms with Crippen LogP contribution in [0.4, 0.5) is 4.39 Å². The summed E-state index contributed by atoms with van der Waals surface area (Å²) < 4.78 is 19.4. The molecule has 2 aromatic carbocycles. The maximum Gasteiger partial charge on any atom is 0.127 e. The summed E-state index contributed by atoms with van der Waals surface area (Å²) in [5, 5.41) is 0. The Bertz CT molecular complexity index is 653. The SMILES string of the molecule is Cc1cccc(C2CC(N)c3ccc(F)cc3O2)c1C. The Labute approximate surface area is 118 Å². The van der Waals surface area contributed by atoms with Crippen molar-refractivity contribution in [1.29, 1.82) is 0 Å². The number of hydrogen-bond donors (Lipinski definition) is 1. The van der Waals surface area contributed by atoms with Crippen LogP contribution in [0, 0.1) is 19.7 Å². The van der Waals surface area contributed by atoms with Crippen molar-refractivity contribution in [2.24, 2.45) is 5.73 Å². The Hall–Kier alpha value is -1.87. The molecular weight excluding hydrogens is 253 g/mol. The monoisotopic (exact) mass is 271 g/mol. The van der Waals surface area contributed by atoms with E-state index in [1.54, 1.807) is 6.07 Å². The molecule has 2 unspecified atom stereocenters. The largest absolute Gasteiger partial charge is 0.485 e. The number of halogens is 1. The second-order valence-corrected chi connectivity index (χ2v) is 5.42. The highest BCUT2D eigenvalue weighted by Gasteiger charge is 2.28. The molecule has 0 aliphatic carbocycles. The fraction of sp³-hybridized carbons (Fsp3) is 0.294. The van der Waals surface area contributed by atoms with Gasteiger partial charge in [0.2, 0.25) is 0 Å². The fourth-order valence-electron chi connectivity index (χ4n) is 2.79. The standard InChI is InChI=1S/C17H18FNO/c1-10-4-3-5-13(11(10)2)17-9-15(19)14-7-6-12(18)8-16(14)20-17/h3-8,15,17H,9,19H2,1-2H3. The molecule has 0 spiro atoms. The second kappa shape index (κ2) is 4.91. The van der Waals surface area contributed by atoms with Gasteiger partial charge in [-0.05, 0) is 36.6 Å². The quantitative estimate of drug-likeness (QED) is 0.852. The molecule has 2 aromatic rings. The van der Waals surface area contributed by atoms with Crippen LogP contribution in [-0.2, 0) is 0 Å². The van der Waals surface area contributed by atoms with Gasteiger partial charge < -0.3 is 10.5 Å². The van der Waals surface area contributed by atoms with Crippen LogP contribution in [0.15, 0.2) is 36.4 Å². The van der Waals surface area contributed by atoms with Gasteiger partial charge >= 0.3 is 0 Å². The van der Waals surface area contributed by atoms with E-state index in [-0.39, 0.29) is 18.0 Å². The average molecular weight is 271 g/mol. The summed E-state index contributed by atoms with van der Waals surface area (Å²) in [5.41, 5.74) is 10.7. The maximum atomic E-state index is 13.4. The molecule has 2 nitrogen and oxygen atoms in total. The van der Waals surface area contributed by atoms with Crippen LogP contribution in [0.25, 0.3) is 0 Å². The Balaban J connectivity index is 2.00. The van der Waals surface area contributed by atoms with Gasteiger partial charge in [-0.3, -0.25) is 0 Å². The minimum atomic E-state index is -0.294. The van der Waals surface area contributed by atoms with E-state index < -0.39 is 0 Å². The van der Waals surface area contributed by atoms with Crippen molar-refractivity contribution < 1.29 is 9.13 Å². The first-order chi connectivity index (χ1) is 9.56. The van der Waals surface area contributed by atoms with Gasteiger partial charge in [0.25, 0.3) is 0 Å². The summed E-state index contributed by atoms with van der Waals surface area (Å²) in [6.45, 7) is 4.16. The first-order valence-corrected chi connectivity index (χ1v) is 6.84. The molecule has 3 heteroatoms. The third-order valence-corrected chi connectivity index (χ3v) is 4.11. The zero-order valence-electron chi connectivity index (χ0n) is 11.7. The average Bonchev–Trinajstić information content (AvgIpc) is 2.41. The van der Waals surface area contributed by atoms with Crippen molar-refractivity contribution >= 4 is 0 Å². The Morgan fingerprint density at radius 1 is 1.15 bits per heavy atom. The zero-order chi connectivity index (χ0) is 14.3. The summed E-state index contributed by atoms with van der Waals surface area (Å²) >= 11 is 0. The van der Waals surface area contributed by atoms with Gasteiger partial charge in [0.1, 0.15) is 17.7 Å². The van der Waals surface area contributed by atoms with Crippen LogP contribution in [0.3, 0.4) is 0 Å². The predicted molar refractivity (Wildman–Crippen MR) is 77.2 cm³/mol. The number of benzene rings is 2. The molecule has 0 fully saturated rings. The summed E-state index contributed by atoms with van der Waals surface area (Å²) in [6.07, 6.45) is 0.599. The molecule has 1 aliphatic heterocycles. The van der Waals surface area contributed by atoms with Gasteiger partial charge in [0.15, 0.2) is 0 Å². The van der Waals surface area contributed by atoms with Crippen LogP contribution in [-0.4, -0.2) is 0 Å². The van der Waals surface area contributed by atoms with Crippen molar-refractivity contribution in [3.63, 3.8) is 0 Å². The van der Waals surface area contributed by atoms with E-state index in [1.165, 1.54) is 23.3 Å². The van der Waals surface area contributed by atoms with Crippen LogP contribution >= 0.6 is 0 Å². The van der Waals surface area contributed by atoms with Crippen molar-refractivity contribution in [3.05, 3.63) is 64.5 Å². The highest BCUT2D eigenvalue weighted by molar-refractivity contribution is 5.41. The first kappa shape index (κ1) is 13.1. The topological polar surface area (TPSA) is 35.2 Å². The molecule has 0 saturated carbocycles. The summed E-state index contributed by atoms with van der Waals surface area (Å²) in [7, 11) is 0. The molecule has 2 N–H and O–H groups in total. The molecule has 1 aliphatic rings. The van der Waals surface area contributed by atoms with Gasteiger partial charge in [-0.25, -0.2) is 4.39 Å². The van der Waals surface area contributed by atoms with Crippen molar-refractivity contribution in [3.8, 4) is 5.75 Å². The van der Waals surface area contributed by atoms with Crippen LogP contribution < -0.4 is 10.5 Å². The first-order valence-electron chi connectivity index (χ1n) is 6.84. The molecule has 3 rings (SSSR count). The lowest BCUT2D eigenvalue weighted by atomic mass is 9.90. The normalized spacial score (nSPS) is 21.2. The van der Waals surface area contributed by atoms with Gasteiger partial charge in [0.05, 0.1) is 0 Å². The smallest absolute Gasteiger partial charge is 0.127 e. The fourth-order valence-corrected chi connectivity index (χ4v) is 2.79. The Kier molecular flexibility index (Phi) is 3.22. The lowest BCUT2D eigenvalue weighted by Crippen LogP contribution is -2.24. The number of hydrogen-bond acceptors (Lipinski definition) is 2. The molecule has 0 bridgehead atoms. The van der Waals surface area contributed by atoms with Crippen molar-refractivity contribution in [1.82, 2.24) is 0 Å². The van der Waals surface area contributed by atoms with Crippen molar-refractivity contribution in [2.75, 3.05) is 0 Å². The number of ether oxygens (including phenoxy) is 1. The summed E-state index contributed by atoms with van der Waals surface area (Å²) in [4.78, 5) is 0. The molecule has 20 heavy (non-hydrogen) atoms. The van der Waals surface area contributed by atoms with Gasteiger partial charge in [-0.15, -0.1) is 0 Å². The maximum absolute atomic E-state index is 13.4. The number of aryl methyl sites for hydroxylation is 1. The summed E-state index contributed by atoms with van der Waals surface area (Å²) in [6, 6.07) is 10.6. The lowest BCUT2D eigenvalue weighted by Gasteiger charge is -2.31.